The van der Waals surface area contributed by atoms with Gasteiger partial charge in [0, 0.05) is 11.1 Å². The van der Waals surface area contributed by atoms with Gasteiger partial charge in [-0.3, -0.25) is 4.99 Å². The summed E-state index contributed by atoms with van der Waals surface area (Å²) in [4.78, 5) is 15.9. The highest BCUT2D eigenvalue weighted by molar-refractivity contribution is 6.59. The lowest BCUT2D eigenvalue weighted by molar-refractivity contribution is -0.141. The number of esters is 1. The van der Waals surface area contributed by atoms with Crippen LogP contribution < -0.4 is 0 Å². The molecule has 1 atom stereocenters. The highest BCUT2D eigenvalue weighted by Gasteiger charge is 2.32. The summed E-state index contributed by atoms with van der Waals surface area (Å²) in [5, 5.41) is 0. The van der Waals surface area contributed by atoms with E-state index in [9.17, 15) is 17.7 Å². The SMILES string of the molecule is COC(=O)C(C[B-](F)(F)F)N=C(c1ccccc1)c1ccccc1. The number of benzene rings is 2. The standard InChI is InChI=1S/C17H16BF3NO2/c1-24-17(23)15(12-18(19,20)21)22-16(13-8-4-2-5-9-13)14-10-6-3-7-11-14/h2-11,15H,12H2,1H3/q-1. The van der Waals surface area contributed by atoms with Crippen LogP contribution in [0.2, 0.25) is 6.32 Å². The molecule has 2 aromatic rings. The van der Waals surface area contributed by atoms with Crippen molar-refractivity contribution in [1.29, 1.82) is 0 Å². The Morgan fingerprint density at radius 3 is 1.83 bits per heavy atom. The first-order valence-electron chi connectivity index (χ1n) is 7.38. The summed E-state index contributed by atoms with van der Waals surface area (Å²) < 4.78 is 43.0. The van der Waals surface area contributed by atoms with Crippen molar-refractivity contribution >= 4 is 18.7 Å². The smallest absolute Gasteiger partial charge is 0.468 e. The molecule has 126 valence electrons. The lowest BCUT2D eigenvalue weighted by Gasteiger charge is -2.20. The number of rotatable bonds is 6. The van der Waals surface area contributed by atoms with Crippen molar-refractivity contribution in [1.82, 2.24) is 0 Å². The molecule has 0 bridgehead atoms. The summed E-state index contributed by atoms with van der Waals surface area (Å²) in [6.07, 6.45) is -1.31. The molecule has 0 aliphatic heterocycles. The summed E-state index contributed by atoms with van der Waals surface area (Å²) in [6, 6.07) is 15.9. The molecule has 0 saturated carbocycles. The molecule has 0 fully saturated rings. The zero-order chi connectivity index (χ0) is 17.6. The van der Waals surface area contributed by atoms with Crippen LogP contribution in [0.1, 0.15) is 11.1 Å². The first-order chi connectivity index (χ1) is 11.4. The largest absolute Gasteiger partial charge is 0.481 e. The summed E-state index contributed by atoms with van der Waals surface area (Å²) in [5.74, 6) is -1.00. The van der Waals surface area contributed by atoms with E-state index in [1.54, 1.807) is 60.7 Å². The first-order valence-corrected chi connectivity index (χ1v) is 7.38. The quantitative estimate of drug-likeness (QED) is 0.456. The Hall–Kier alpha value is -2.57. The van der Waals surface area contributed by atoms with Gasteiger partial charge >= 0.3 is 12.9 Å². The van der Waals surface area contributed by atoms with E-state index in [0.717, 1.165) is 7.11 Å². The van der Waals surface area contributed by atoms with Crippen LogP contribution in [-0.4, -0.2) is 31.8 Å². The van der Waals surface area contributed by atoms with Crippen molar-refractivity contribution < 1.29 is 22.5 Å². The van der Waals surface area contributed by atoms with Crippen LogP contribution in [0.5, 0.6) is 0 Å². The Bertz CT molecular complexity index is 661. The third-order valence-corrected chi connectivity index (χ3v) is 3.34. The molecule has 0 N–H and O–H groups in total. The second-order valence-corrected chi connectivity index (χ2v) is 5.19. The van der Waals surface area contributed by atoms with Crippen molar-refractivity contribution in [3.05, 3.63) is 71.8 Å². The maximum atomic E-state index is 12.8. The molecule has 7 heteroatoms. The van der Waals surface area contributed by atoms with Gasteiger partial charge < -0.3 is 17.7 Å². The minimum atomic E-state index is -5.18. The van der Waals surface area contributed by atoms with Crippen molar-refractivity contribution in [3.63, 3.8) is 0 Å². The fourth-order valence-electron chi connectivity index (χ4n) is 2.25. The fraction of sp³-hybridized carbons (Fsp3) is 0.176. The van der Waals surface area contributed by atoms with E-state index in [1.807, 2.05) is 0 Å². The topological polar surface area (TPSA) is 38.7 Å². The van der Waals surface area contributed by atoms with Gasteiger partial charge in [-0.15, -0.1) is 0 Å². The van der Waals surface area contributed by atoms with Gasteiger partial charge in [0.2, 0.25) is 0 Å². The molecule has 0 spiro atoms. The molecule has 2 aromatic carbocycles. The van der Waals surface area contributed by atoms with E-state index in [1.165, 1.54) is 0 Å². The lowest BCUT2D eigenvalue weighted by Crippen LogP contribution is -2.30. The van der Waals surface area contributed by atoms with Crippen molar-refractivity contribution in [2.24, 2.45) is 4.99 Å². The van der Waals surface area contributed by atoms with Crippen molar-refractivity contribution in [3.8, 4) is 0 Å². The van der Waals surface area contributed by atoms with Gasteiger partial charge in [-0.05, 0) is 0 Å². The number of carbonyl (C=O) groups excluding carboxylic acids is 1. The second kappa shape index (κ2) is 7.81. The Labute approximate surface area is 138 Å². The van der Waals surface area contributed by atoms with Crippen LogP contribution in [0, 0.1) is 0 Å². The summed E-state index contributed by atoms with van der Waals surface area (Å²) in [6.45, 7) is -5.18. The fourth-order valence-corrected chi connectivity index (χ4v) is 2.25. The zero-order valence-corrected chi connectivity index (χ0v) is 13.0. The second-order valence-electron chi connectivity index (χ2n) is 5.19. The Morgan fingerprint density at radius 1 is 1.00 bits per heavy atom. The van der Waals surface area contributed by atoms with Crippen LogP contribution in [0.3, 0.4) is 0 Å². The average molecular weight is 334 g/mol. The molecule has 3 nitrogen and oxygen atoms in total. The minimum absolute atomic E-state index is 0.326. The number of methoxy groups -OCH3 is 1. The lowest BCUT2D eigenvalue weighted by atomic mass is 9.81. The highest BCUT2D eigenvalue weighted by Crippen LogP contribution is 2.22. The number of hydrogen-bond acceptors (Lipinski definition) is 3. The number of halogens is 3. The van der Waals surface area contributed by atoms with Crippen molar-refractivity contribution in [2.75, 3.05) is 7.11 Å². The molecule has 0 radical (unpaired) electrons. The minimum Gasteiger partial charge on any atom is -0.468 e. The molecule has 0 heterocycles. The van der Waals surface area contributed by atoms with Gasteiger partial charge in [0.15, 0.2) is 0 Å². The van der Waals surface area contributed by atoms with Crippen LogP contribution in [-0.2, 0) is 9.53 Å². The van der Waals surface area contributed by atoms with E-state index in [2.05, 4.69) is 9.73 Å². The van der Waals surface area contributed by atoms with E-state index >= 15 is 0 Å². The maximum absolute atomic E-state index is 12.8. The molecule has 0 saturated heterocycles. The molecular formula is C17H16BF3NO2-. The van der Waals surface area contributed by atoms with Gasteiger partial charge in [-0.2, -0.15) is 0 Å². The predicted molar refractivity (Wildman–Crippen MR) is 88.2 cm³/mol. The van der Waals surface area contributed by atoms with Crippen LogP contribution in [0.15, 0.2) is 65.7 Å². The first kappa shape index (κ1) is 17.8. The third-order valence-electron chi connectivity index (χ3n) is 3.34. The van der Waals surface area contributed by atoms with Crippen LogP contribution in [0.4, 0.5) is 12.9 Å². The van der Waals surface area contributed by atoms with E-state index in [-0.39, 0.29) is 0 Å². The Kier molecular flexibility index (Phi) is 5.79. The maximum Gasteiger partial charge on any atom is 0.481 e. The summed E-state index contributed by atoms with van der Waals surface area (Å²) in [5.41, 5.74) is 1.59. The molecular weight excluding hydrogens is 318 g/mol. The molecule has 0 aliphatic rings. The molecule has 0 amide bonds. The molecule has 0 aliphatic carbocycles. The highest BCUT2D eigenvalue weighted by atomic mass is 19.4. The third kappa shape index (κ3) is 4.98. The number of hydrogen-bond donors (Lipinski definition) is 0. The van der Waals surface area contributed by atoms with Gasteiger partial charge in [0.1, 0.15) is 6.04 Å². The Balaban J connectivity index is 2.51. The zero-order valence-electron chi connectivity index (χ0n) is 13.0. The molecule has 1 unspecified atom stereocenters. The van der Waals surface area contributed by atoms with Gasteiger partial charge in [-0.1, -0.05) is 67.0 Å². The van der Waals surface area contributed by atoms with Crippen molar-refractivity contribution in [2.45, 2.75) is 12.4 Å². The average Bonchev–Trinajstić information content (AvgIpc) is 2.58. The van der Waals surface area contributed by atoms with E-state index in [0.29, 0.717) is 16.8 Å². The summed E-state index contributed by atoms with van der Waals surface area (Å²) >= 11 is 0. The number of ether oxygens (including phenoxy) is 1. The Morgan fingerprint density at radius 2 is 1.46 bits per heavy atom. The molecule has 0 aromatic heterocycles. The monoisotopic (exact) mass is 334 g/mol. The normalized spacial score (nSPS) is 12.3. The van der Waals surface area contributed by atoms with Gasteiger partial charge in [0.05, 0.1) is 12.8 Å². The van der Waals surface area contributed by atoms with Crippen LogP contribution >= 0.6 is 0 Å². The number of nitrogens with zero attached hydrogens (tertiary/aromatic N) is 1. The van der Waals surface area contributed by atoms with E-state index < -0.39 is 25.3 Å². The summed E-state index contributed by atoms with van der Waals surface area (Å²) in [7, 11) is 1.05. The van der Waals surface area contributed by atoms with E-state index in [4.69, 9.17) is 0 Å². The van der Waals surface area contributed by atoms with Crippen LogP contribution in [0.25, 0.3) is 0 Å². The van der Waals surface area contributed by atoms with Gasteiger partial charge in [-0.25, -0.2) is 4.79 Å². The number of aliphatic imine (C=N–C) groups is 1. The predicted octanol–water partition coefficient (Wildman–Crippen LogP) is 3.91. The van der Waals surface area contributed by atoms with Gasteiger partial charge in [0.25, 0.3) is 0 Å². The molecule has 2 rings (SSSR count). The molecule has 24 heavy (non-hydrogen) atoms. The number of carbonyl (C=O) groups is 1.